The number of nitro benzene ring substituents is 1. The second kappa shape index (κ2) is 8.53. The van der Waals surface area contributed by atoms with Gasteiger partial charge >= 0.3 is 0 Å². The van der Waals surface area contributed by atoms with E-state index in [1.165, 1.54) is 23.9 Å². The molecule has 0 atom stereocenters. The van der Waals surface area contributed by atoms with Crippen molar-refractivity contribution in [2.24, 2.45) is 0 Å². The summed E-state index contributed by atoms with van der Waals surface area (Å²) in [6, 6.07) is 13.6. The highest BCUT2D eigenvalue weighted by atomic mass is 32.2. The number of amides is 1. The van der Waals surface area contributed by atoms with Gasteiger partial charge in [-0.3, -0.25) is 19.8 Å². The molecule has 0 bridgehead atoms. The molecule has 0 N–H and O–H groups in total. The average molecular weight is 415 g/mol. The minimum Gasteiger partial charge on any atom is -0.488 e. The minimum absolute atomic E-state index is 0.00651. The van der Waals surface area contributed by atoms with Crippen LogP contribution in [0.5, 0.6) is 5.75 Å². The summed E-state index contributed by atoms with van der Waals surface area (Å²) in [4.78, 5) is 25.1. The highest BCUT2D eigenvalue weighted by Gasteiger charge is 2.33. The maximum absolute atomic E-state index is 12.6. The summed E-state index contributed by atoms with van der Waals surface area (Å²) in [7, 11) is 0. The average Bonchev–Trinajstić information content (AvgIpc) is 2.94. The van der Waals surface area contributed by atoms with Crippen molar-refractivity contribution in [3.8, 4) is 5.75 Å². The van der Waals surface area contributed by atoms with Crippen LogP contribution in [-0.4, -0.2) is 26.1 Å². The zero-order valence-electron chi connectivity index (χ0n) is 15.3. The summed E-state index contributed by atoms with van der Waals surface area (Å²) in [5, 5.41) is 10.7. The Morgan fingerprint density at radius 3 is 2.50 bits per heavy atom. The number of thioether (sulfide) groups is 1. The van der Waals surface area contributed by atoms with Crippen molar-refractivity contribution in [3.63, 3.8) is 0 Å². The predicted molar refractivity (Wildman–Crippen MR) is 114 cm³/mol. The Bertz CT molecular complexity index is 955. The highest BCUT2D eigenvalue weighted by Crippen LogP contribution is 2.35. The number of hydrogen-bond acceptors (Lipinski definition) is 6. The van der Waals surface area contributed by atoms with Gasteiger partial charge in [-0.25, -0.2) is 0 Å². The molecule has 28 heavy (non-hydrogen) atoms. The van der Waals surface area contributed by atoms with Crippen LogP contribution in [0.4, 0.5) is 5.69 Å². The normalized spacial score (nSPS) is 15.5. The fourth-order valence-corrected chi connectivity index (χ4v) is 4.19. The number of benzene rings is 2. The van der Waals surface area contributed by atoms with Gasteiger partial charge in [0.05, 0.1) is 9.83 Å². The third-order valence-electron chi connectivity index (χ3n) is 4.09. The zero-order chi connectivity index (χ0) is 20.3. The molecule has 0 radical (unpaired) electrons. The van der Waals surface area contributed by atoms with Gasteiger partial charge in [0.15, 0.2) is 0 Å². The van der Waals surface area contributed by atoms with E-state index >= 15 is 0 Å². The number of nitro groups is 1. The second-order valence-corrected chi connectivity index (χ2v) is 8.07. The van der Waals surface area contributed by atoms with Crippen LogP contribution in [0.15, 0.2) is 53.4 Å². The van der Waals surface area contributed by atoms with E-state index in [1.54, 1.807) is 23.1 Å². The summed E-state index contributed by atoms with van der Waals surface area (Å²) in [6.07, 6.45) is 1.78. The summed E-state index contributed by atoms with van der Waals surface area (Å²) in [5.74, 6) is 0.519. The Kier molecular flexibility index (Phi) is 6.11. The molecule has 0 spiro atoms. The van der Waals surface area contributed by atoms with Crippen LogP contribution in [0.1, 0.15) is 25.0 Å². The van der Waals surface area contributed by atoms with Crippen LogP contribution in [0, 0.1) is 10.1 Å². The molecule has 0 aliphatic carbocycles. The molecule has 1 fully saturated rings. The number of para-hydroxylation sites is 1. The number of hydrogen-bond donors (Lipinski definition) is 0. The third-order valence-corrected chi connectivity index (χ3v) is 5.42. The lowest BCUT2D eigenvalue weighted by Gasteiger charge is -2.18. The smallest absolute Gasteiger partial charge is 0.269 e. The summed E-state index contributed by atoms with van der Waals surface area (Å²) < 4.78 is 6.44. The van der Waals surface area contributed by atoms with Crippen molar-refractivity contribution in [2.45, 2.75) is 26.5 Å². The maximum atomic E-state index is 12.6. The van der Waals surface area contributed by atoms with Crippen molar-refractivity contribution < 1.29 is 14.5 Å². The molecule has 1 saturated heterocycles. The summed E-state index contributed by atoms with van der Waals surface area (Å²) in [6.45, 7) is 4.11. The monoisotopic (exact) mass is 414 g/mol. The van der Waals surface area contributed by atoms with E-state index in [0.29, 0.717) is 15.0 Å². The summed E-state index contributed by atoms with van der Waals surface area (Å²) in [5.41, 5.74) is 1.62. The van der Waals surface area contributed by atoms with Gasteiger partial charge in [-0.1, -0.05) is 42.2 Å². The Labute approximate surface area is 172 Å². The van der Waals surface area contributed by atoms with Gasteiger partial charge in [-0.2, -0.15) is 0 Å². The molecule has 0 unspecified atom stereocenters. The van der Waals surface area contributed by atoms with Crippen LogP contribution in [0.3, 0.4) is 0 Å². The van der Waals surface area contributed by atoms with Gasteiger partial charge < -0.3 is 4.74 Å². The molecule has 2 aromatic carbocycles. The van der Waals surface area contributed by atoms with Gasteiger partial charge in [0.2, 0.25) is 0 Å². The van der Waals surface area contributed by atoms with E-state index in [4.69, 9.17) is 17.0 Å². The van der Waals surface area contributed by atoms with Gasteiger partial charge in [0.1, 0.15) is 16.7 Å². The van der Waals surface area contributed by atoms with E-state index < -0.39 is 4.92 Å². The lowest BCUT2D eigenvalue weighted by molar-refractivity contribution is -0.384. The van der Waals surface area contributed by atoms with Crippen LogP contribution >= 0.6 is 24.0 Å². The SMILES string of the molecule is CC(C)N1C(=O)C(=Cc2ccccc2OCc2ccc([N+](=O)[O-])cc2)SC1=S. The number of ether oxygens (including phenoxy) is 1. The number of non-ortho nitro benzene ring substituents is 1. The van der Waals surface area contributed by atoms with Crippen LogP contribution in [0.25, 0.3) is 6.08 Å². The Morgan fingerprint density at radius 2 is 1.89 bits per heavy atom. The lowest BCUT2D eigenvalue weighted by Crippen LogP contribution is -2.34. The zero-order valence-corrected chi connectivity index (χ0v) is 17.0. The third kappa shape index (κ3) is 4.40. The van der Waals surface area contributed by atoms with Crippen molar-refractivity contribution >= 4 is 46.0 Å². The first-order chi connectivity index (χ1) is 13.4. The van der Waals surface area contributed by atoms with E-state index in [1.807, 2.05) is 38.1 Å². The quantitative estimate of drug-likeness (QED) is 0.293. The van der Waals surface area contributed by atoms with Gasteiger partial charge in [-0.05, 0) is 43.7 Å². The Hall–Kier alpha value is -2.71. The Balaban J connectivity index is 1.77. The molecule has 3 rings (SSSR count). The molecule has 0 saturated carbocycles. The molecule has 2 aromatic rings. The molecular formula is C20H18N2O4S2. The highest BCUT2D eigenvalue weighted by molar-refractivity contribution is 8.26. The first kappa shape index (κ1) is 20.0. The molecular weight excluding hydrogens is 396 g/mol. The van der Waals surface area contributed by atoms with Crippen molar-refractivity contribution in [2.75, 3.05) is 0 Å². The first-order valence-electron chi connectivity index (χ1n) is 8.59. The topological polar surface area (TPSA) is 72.7 Å². The molecule has 144 valence electrons. The largest absolute Gasteiger partial charge is 0.488 e. The van der Waals surface area contributed by atoms with Crippen LogP contribution in [-0.2, 0) is 11.4 Å². The fourth-order valence-electron chi connectivity index (χ4n) is 2.67. The standard InChI is InChI=1S/C20H18N2O4S2/c1-13(2)21-19(23)18(28-20(21)27)11-15-5-3-4-6-17(15)26-12-14-7-9-16(10-8-14)22(24)25/h3-11,13H,12H2,1-2H3. The van der Waals surface area contributed by atoms with E-state index in [0.717, 1.165) is 11.1 Å². The molecule has 6 nitrogen and oxygen atoms in total. The van der Waals surface area contributed by atoms with Gasteiger partial charge in [0, 0.05) is 23.7 Å². The van der Waals surface area contributed by atoms with Crippen molar-refractivity contribution in [1.29, 1.82) is 0 Å². The molecule has 1 heterocycles. The van der Waals surface area contributed by atoms with Crippen molar-refractivity contribution in [1.82, 2.24) is 4.90 Å². The number of nitrogens with zero attached hydrogens (tertiary/aromatic N) is 2. The number of carbonyl (C=O) groups excluding carboxylic acids is 1. The lowest BCUT2D eigenvalue weighted by atomic mass is 10.1. The molecule has 0 aromatic heterocycles. The minimum atomic E-state index is -0.437. The number of carbonyl (C=O) groups is 1. The van der Waals surface area contributed by atoms with E-state index in [9.17, 15) is 14.9 Å². The molecule has 1 aliphatic rings. The maximum Gasteiger partial charge on any atom is 0.269 e. The van der Waals surface area contributed by atoms with Crippen molar-refractivity contribution in [3.05, 3.63) is 74.7 Å². The van der Waals surface area contributed by atoms with Gasteiger partial charge in [0.25, 0.3) is 11.6 Å². The summed E-state index contributed by atoms with van der Waals surface area (Å²) >= 11 is 6.59. The predicted octanol–water partition coefficient (Wildman–Crippen LogP) is 4.78. The number of rotatable bonds is 6. The van der Waals surface area contributed by atoms with Crippen LogP contribution in [0.2, 0.25) is 0 Å². The van der Waals surface area contributed by atoms with E-state index in [2.05, 4.69) is 0 Å². The fraction of sp³-hybridized carbons (Fsp3) is 0.200. The van der Waals surface area contributed by atoms with E-state index in [-0.39, 0.29) is 24.2 Å². The van der Waals surface area contributed by atoms with Gasteiger partial charge in [-0.15, -0.1) is 0 Å². The second-order valence-electron chi connectivity index (χ2n) is 6.40. The Morgan fingerprint density at radius 1 is 1.21 bits per heavy atom. The molecule has 8 heteroatoms. The number of thiocarbonyl (C=S) groups is 1. The molecule has 1 amide bonds. The van der Waals surface area contributed by atoms with Crippen LogP contribution < -0.4 is 4.74 Å². The molecule has 1 aliphatic heterocycles. The first-order valence-corrected chi connectivity index (χ1v) is 9.81.